The monoisotopic (exact) mass is 237 g/mol. The van der Waals surface area contributed by atoms with Crippen molar-refractivity contribution in [1.82, 2.24) is 5.32 Å². The largest absolute Gasteiger partial charge is 0.317 e. The molecule has 1 N–H and O–H groups in total. The zero-order valence-corrected chi connectivity index (χ0v) is 11.9. The van der Waals surface area contributed by atoms with Gasteiger partial charge in [0.05, 0.1) is 0 Å². The van der Waals surface area contributed by atoms with Crippen LogP contribution in [0.15, 0.2) is 11.6 Å². The predicted molar refractivity (Wildman–Crippen MR) is 77.4 cm³/mol. The van der Waals surface area contributed by atoms with Crippen LogP contribution in [0, 0.1) is 0 Å². The Morgan fingerprint density at radius 2 is 2.00 bits per heavy atom. The summed E-state index contributed by atoms with van der Waals surface area (Å²) < 4.78 is 0. The van der Waals surface area contributed by atoms with Crippen molar-refractivity contribution >= 4 is 0 Å². The molecular weight excluding hydrogens is 206 g/mol. The van der Waals surface area contributed by atoms with E-state index in [2.05, 4.69) is 25.4 Å². The maximum Gasteiger partial charge on any atom is 0.0101 e. The predicted octanol–water partition coefficient (Wildman–Crippen LogP) is 4.83. The number of unbranched alkanes of at least 4 members (excludes halogenated alkanes) is 4. The summed E-state index contributed by atoms with van der Waals surface area (Å²) in [6, 6.07) is 0.723. The van der Waals surface area contributed by atoms with E-state index in [0.29, 0.717) is 0 Å². The van der Waals surface area contributed by atoms with Crippen molar-refractivity contribution in [2.75, 3.05) is 7.05 Å². The van der Waals surface area contributed by atoms with E-state index in [1.165, 1.54) is 70.6 Å². The molecule has 1 aliphatic carbocycles. The van der Waals surface area contributed by atoms with Crippen LogP contribution in [0.25, 0.3) is 0 Å². The second kappa shape index (κ2) is 9.70. The Morgan fingerprint density at radius 1 is 1.18 bits per heavy atom. The highest BCUT2D eigenvalue weighted by molar-refractivity contribution is 5.06. The van der Waals surface area contributed by atoms with E-state index in [1.54, 1.807) is 5.57 Å². The summed E-state index contributed by atoms with van der Waals surface area (Å²) in [6.45, 7) is 2.28. The molecule has 0 heterocycles. The molecule has 0 saturated heterocycles. The summed E-state index contributed by atoms with van der Waals surface area (Å²) in [5.41, 5.74) is 1.71. The highest BCUT2D eigenvalue weighted by Crippen LogP contribution is 2.22. The maximum atomic E-state index is 3.50. The molecule has 0 aromatic carbocycles. The molecule has 0 spiro atoms. The molecule has 0 fully saturated rings. The van der Waals surface area contributed by atoms with Crippen molar-refractivity contribution in [1.29, 1.82) is 0 Å². The second-order valence-corrected chi connectivity index (χ2v) is 5.50. The molecule has 0 aliphatic heterocycles. The van der Waals surface area contributed by atoms with Gasteiger partial charge in [0.2, 0.25) is 0 Å². The van der Waals surface area contributed by atoms with Gasteiger partial charge in [0.25, 0.3) is 0 Å². The molecule has 0 radical (unpaired) electrons. The molecule has 0 aromatic heterocycles. The van der Waals surface area contributed by atoms with E-state index >= 15 is 0 Å². The van der Waals surface area contributed by atoms with Gasteiger partial charge in [0.15, 0.2) is 0 Å². The Hall–Kier alpha value is -0.300. The molecule has 1 unspecified atom stereocenters. The van der Waals surface area contributed by atoms with Gasteiger partial charge >= 0.3 is 0 Å². The van der Waals surface area contributed by atoms with Crippen molar-refractivity contribution in [3.8, 4) is 0 Å². The molecule has 0 amide bonds. The Kier molecular flexibility index (Phi) is 8.42. The maximum absolute atomic E-state index is 3.50. The fourth-order valence-corrected chi connectivity index (χ4v) is 2.75. The first-order valence-electron chi connectivity index (χ1n) is 7.72. The van der Waals surface area contributed by atoms with E-state index in [9.17, 15) is 0 Å². The van der Waals surface area contributed by atoms with Crippen LogP contribution in [0.5, 0.6) is 0 Å². The van der Waals surface area contributed by atoms with Gasteiger partial charge in [-0.15, -0.1) is 0 Å². The minimum Gasteiger partial charge on any atom is -0.317 e. The van der Waals surface area contributed by atoms with Gasteiger partial charge in [-0.25, -0.2) is 0 Å². The van der Waals surface area contributed by atoms with Crippen LogP contribution < -0.4 is 5.32 Å². The van der Waals surface area contributed by atoms with E-state index in [-0.39, 0.29) is 0 Å². The molecule has 1 heteroatoms. The molecule has 0 aromatic rings. The lowest BCUT2D eigenvalue weighted by atomic mass is 9.92. The standard InChI is InChI=1S/C16H31N/c1-3-4-5-6-10-13-16(17-2)14-15-11-8-7-9-12-15/h11,16-17H,3-10,12-14H2,1-2H3. The van der Waals surface area contributed by atoms with Gasteiger partial charge in [-0.3, -0.25) is 0 Å². The highest BCUT2D eigenvalue weighted by atomic mass is 14.9. The van der Waals surface area contributed by atoms with Crippen LogP contribution >= 0.6 is 0 Å². The number of allylic oxidation sites excluding steroid dienone is 1. The van der Waals surface area contributed by atoms with Crippen LogP contribution in [0.4, 0.5) is 0 Å². The number of hydrogen-bond acceptors (Lipinski definition) is 1. The normalized spacial score (nSPS) is 17.9. The first kappa shape index (κ1) is 14.8. The first-order chi connectivity index (χ1) is 8.36. The van der Waals surface area contributed by atoms with E-state index in [1.807, 2.05) is 0 Å². The molecule has 1 rings (SSSR count). The van der Waals surface area contributed by atoms with Gasteiger partial charge in [-0.1, -0.05) is 50.7 Å². The molecule has 1 atom stereocenters. The number of hydrogen-bond donors (Lipinski definition) is 1. The van der Waals surface area contributed by atoms with E-state index in [0.717, 1.165) is 6.04 Å². The molecule has 0 saturated carbocycles. The topological polar surface area (TPSA) is 12.0 Å². The van der Waals surface area contributed by atoms with Crippen molar-refractivity contribution in [3.05, 3.63) is 11.6 Å². The smallest absolute Gasteiger partial charge is 0.0101 e. The Balaban J connectivity index is 2.12. The fraction of sp³-hybridized carbons (Fsp3) is 0.875. The lowest BCUT2D eigenvalue weighted by Gasteiger charge is -2.20. The van der Waals surface area contributed by atoms with Crippen LogP contribution in [-0.4, -0.2) is 13.1 Å². The summed E-state index contributed by atoms with van der Waals surface area (Å²) in [7, 11) is 2.13. The van der Waals surface area contributed by atoms with Crippen LogP contribution in [0.1, 0.15) is 77.6 Å². The minimum absolute atomic E-state index is 0.723. The van der Waals surface area contributed by atoms with Crippen LogP contribution in [0.2, 0.25) is 0 Å². The van der Waals surface area contributed by atoms with Crippen molar-refractivity contribution in [3.63, 3.8) is 0 Å². The van der Waals surface area contributed by atoms with Gasteiger partial charge in [-0.2, -0.15) is 0 Å². The minimum atomic E-state index is 0.723. The number of nitrogens with one attached hydrogen (secondary N) is 1. The Labute approximate surface area is 108 Å². The molecular formula is C16H31N. The molecule has 100 valence electrons. The van der Waals surface area contributed by atoms with Gasteiger partial charge in [0, 0.05) is 6.04 Å². The second-order valence-electron chi connectivity index (χ2n) is 5.50. The van der Waals surface area contributed by atoms with Crippen LogP contribution in [0.3, 0.4) is 0 Å². The average molecular weight is 237 g/mol. The average Bonchev–Trinajstić information content (AvgIpc) is 2.38. The third kappa shape index (κ3) is 6.88. The summed E-state index contributed by atoms with van der Waals surface area (Å²) in [5.74, 6) is 0. The van der Waals surface area contributed by atoms with E-state index < -0.39 is 0 Å². The third-order valence-corrected chi connectivity index (χ3v) is 3.96. The summed E-state index contributed by atoms with van der Waals surface area (Å²) in [6.07, 6.45) is 17.7. The SMILES string of the molecule is CCCCCCCC(CC1=CCCCC1)NC. The number of rotatable bonds is 9. The molecule has 1 nitrogen and oxygen atoms in total. The zero-order chi connectivity index (χ0) is 12.3. The van der Waals surface area contributed by atoms with Crippen molar-refractivity contribution in [2.24, 2.45) is 0 Å². The Morgan fingerprint density at radius 3 is 2.65 bits per heavy atom. The molecule has 17 heavy (non-hydrogen) atoms. The summed E-state index contributed by atoms with van der Waals surface area (Å²) >= 11 is 0. The quantitative estimate of drug-likeness (QED) is 0.447. The molecule has 1 aliphatic rings. The molecule has 0 bridgehead atoms. The lowest BCUT2D eigenvalue weighted by Crippen LogP contribution is -2.25. The highest BCUT2D eigenvalue weighted by Gasteiger charge is 2.10. The van der Waals surface area contributed by atoms with Crippen molar-refractivity contribution in [2.45, 2.75) is 83.6 Å². The van der Waals surface area contributed by atoms with Gasteiger partial charge in [0.1, 0.15) is 0 Å². The zero-order valence-electron chi connectivity index (χ0n) is 11.9. The van der Waals surface area contributed by atoms with Gasteiger partial charge < -0.3 is 5.32 Å². The summed E-state index contributed by atoms with van der Waals surface area (Å²) in [4.78, 5) is 0. The van der Waals surface area contributed by atoms with Crippen molar-refractivity contribution < 1.29 is 0 Å². The lowest BCUT2D eigenvalue weighted by molar-refractivity contribution is 0.471. The first-order valence-corrected chi connectivity index (χ1v) is 7.72. The van der Waals surface area contributed by atoms with Crippen LogP contribution in [-0.2, 0) is 0 Å². The fourth-order valence-electron chi connectivity index (χ4n) is 2.75. The third-order valence-electron chi connectivity index (χ3n) is 3.96. The van der Waals surface area contributed by atoms with E-state index in [4.69, 9.17) is 0 Å². The summed E-state index contributed by atoms with van der Waals surface area (Å²) in [5, 5.41) is 3.50. The van der Waals surface area contributed by atoms with Gasteiger partial charge in [-0.05, 0) is 45.6 Å². The Bertz CT molecular complexity index is 208.